The molecular formula is C15H15Br2N. The second kappa shape index (κ2) is 5.89. The SMILES string of the molecule is Cc1ccc(C(C)Nc2cc(Br)ccc2Br)cc1. The monoisotopic (exact) mass is 367 g/mol. The predicted molar refractivity (Wildman–Crippen MR) is 85.1 cm³/mol. The first-order chi connectivity index (χ1) is 8.56. The lowest BCUT2D eigenvalue weighted by atomic mass is 10.1. The van der Waals surface area contributed by atoms with Crippen molar-refractivity contribution in [3.8, 4) is 0 Å². The Morgan fingerprint density at radius 2 is 1.67 bits per heavy atom. The molecule has 2 rings (SSSR count). The van der Waals surface area contributed by atoms with E-state index in [9.17, 15) is 0 Å². The number of hydrogen-bond acceptors (Lipinski definition) is 1. The van der Waals surface area contributed by atoms with Crippen molar-refractivity contribution in [1.29, 1.82) is 0 Å². The molecule has 0 saturated heterocycles. The molecule has 0 amide bonds. The average molecular weight is 369 g/mol. The Balaban J connectivity index is 2.18. The Morgan fingerprint density at radius 1 is 1.00 bits per heavy atom. The van der Waals surface area contributed by atoms with Crippen LogP contribution in [0.25, 0.3) is 0 Å². The molecule has 0 radical (unpaired) electrons. The molecule has 1 N–H and O–H groups in total. The van der Waals surface area contributed by atoms with E-state index in [0.717, 1.165) is 14.6 Å². The van der Waals surface area contributed by atoms with Crippen LogP contribution in [0.1, 0.15) is 24.1 Å². The number of aryl methyl sites for hydroxylation is 1. The standard InChI is InChI=1S/C15H15Br2N/c1-10-3-5-12(6-4-10)11(2)18-15-9-13(16)7-8-14(15)17/h3-9,11,18H,1-2H3. The highest BCUT2D eigenvalue weighted by atomic mass is 79.9. The van der Waals surface area contributed by atoms with Gasteiger partial charge in [0.2, 0.25) is 0 Å². The van der Waals surface area contributed by atoms with Crippen molar-refractivity contribution in [3.63, 3.8) is 0 Å². The number of benzene rings is 2. The first-order valence-corrected chi connectivity index (χ1v) is 7.43. The zero-order chi connectivity index (χ0) is 13.1. The van der Waals surface area contributed by atoms with Gasteiger partial charge in [-0.1, -0.05) is 45.8 Å². The van der Waals surface area contributed by atoms with Gasteiger partial charge in [0.15, 0.2) is 0 Å². The maximum Gasteiger partial charge on any atom is 0.0500 e. The Labute approximate surface area is 125 Å². The molecule has 0 fully saturated rings. The smallest absolute Gasteiger partial charge is 0.0500 e. The van der Waals surface area contributed by atoms with E-state index < -0.39 is 0 Å². The van der Waals surface area contributed by atoms with Crippen LogP contribution >= 0.6 is 31.9 Å². The second-order valence-electron chi connectivity index (χ2n) is 4.40. The third-order valence-corrected chi connectivity index (χ3v) is 4.06. The van der Waals surface area contributed by atoms with Crippen molar-refractivity contribution in [1.82, 2.24) is 0 Å². The highest BCUT2D eigenvalue weighted by molar-refractivity contribution is 9.11. The lowest BCUT2D eigenvalue weighted by Gasteiger charge is -2.17. The number of nitrogens with one attached hydrogen (secondary N) is 1. The minimum Gasteiger partial charge on any atom is -0.378 e. The van der Waals surface area contributed by atoms with E-state index in [1.807, 2.05) is 12.1 Å². The molecule has 18 heavy (non-hydrogen) atoms. The van der Waals surface area contributed by atoms with E-state index in [0.29, 0.717) is 0 Å². The van der Waals surface area contributed by atoms with Crippen molar-refractivity contribution in [2.45, 2.75) is 19.9 Å². The molecule has 2 aromatic carbocycles. The molecule has 1 unspecified atom stereocenters. The van der Waals surface area contributed by atoms with E-state index >= 15 is 0 Å². The van der Waals surface area contributed by atoms with Crippen molar-refractivity contribution >= 4 is 37.5 Å². The number of anilines is 1. The molecule has 0 saturated carbocycles. The molecule has 0 heterocycles. The lowest BCUT2D eigenvalue weighted by molar-refractivity contribution is 0.882. The highest BCUT2D eigenvalue weighted by Gasteiger charge is 2.07. The topological polar surface area (TPSA) is 12.0 Å². The zero-order valence-electron chi connectivity index (χ0n) is 10.4. The van der Waals surface area contributed by atoms with Gasteiger partial charge in [-0.25, -0.2) is 0 Å². The van der Waals surface area contributed by atoms with Crippen LogP contribution in [0.15, 0.2) is 51.4 Å². The second-order valence-corrected chi connectivity index (χ2v) is 6.17. The van der Waals surface area contributed by atoms with Crippen LogP contribution in [-0.4, -0.2) is 0 Å². The normalized spacial score (nSPS) is 12.2. The van der Waals surface area contributed by atoms with Gasteiger partial charge in [-0.05, 0) is 53.5 Å². The summed E-state index contributed by atoms with van der Waals surface area (Å²) in [7, 11) is 0. The molecule has 3 heteroatoms. The summed E-state index contributed by atoms with van der Waals surface area (Å²) in [5.41, 5.74) is 3.67. The summed E-state index contributed by atoms with van der Waals surface area (Å²) in [6, 6.07) is 15.0. The Morgan fingerprint density at radius 3 is 2.33 bits per heavy atom. The molecule has 0 spiro atoms. The van der Waals surface area contributed by atoms with Gasteiger partial charge in [0.05, 0.1) is 5.69 Å². The van der Waals surface area contributed by atoms with E-state index in [1.165, 1.54) is 11.1 Å². The molecule has 1 nitrogen and oxygen atoms in total. The van der Waals surface area contributed by atoms with Crippen molar-refractivity contribution < 1.29 is 0 Å². The van der Waals surface area contributed by atoms with Gasteiger partial charge in [-0.2, -0.15) is 0 Å². The van der Waals surface area contributed by atoms with Gasteiger partial charge in [-0.3, -0.25) is 0 Å². The van der Waals surface area contributed by atoms with Crippen molar-refractivity contribution in [2.24, 2.45) is 0 Å². The van der Waals surface area contributed by atoms with Crippen LogP contribution in [-0.2, 0) is 0 Å². The summed E-state index contributed by atoms with van der Waals surface area (Å²) in [5.74, 6) is 0. The van der Waals surface area contributed by atoms with Crippen LogP contribution < -0.4 is 5.32 Å². The van der Waals surface area contributed by atoms with E-state index in [2.05, 4.69) is 81.4 Å². The van der Waals surface area contributed by atoms with Gasteiger partial charge >= 0.3 is 0 Å². The van der Waals surface area contributed by atoms with Crippen LogP contribution in [0.5, 0.6) is 0 Å². The van der Waals surface area contributed by atoms with Crippen LogP contribution in [0, 0.1) is 6.92 Å². The van der Waals surface area contributed by atoms with Crippen LogP contribution in [0.2, 0.25) is 0 Å². The van der Waals surface area contributed by atoms with E-state index in [4.69, 9.17) is 0 Å². The predicted octanol–water partition coefficient (Wildman–Crippen LogP) is 5.69. The fourth-order valence-electron chi connectivity index (χ4n) is 1.78. The largest absolute Gasteiger partial charge is 0.378 e. The molecule has 0 aliphatic heterocycles. The fourth-order valence-corrected chi connectivity index (χ4v) is 2.50. The van der Waals surface area contributed by atoms with Gasteiger partial charge in [0, 0.05) is 15.0 Å². The van der Waals surface area contributed by atoms with Crippen molar-refractivity contribution in [3.05, 3.63) is 62.5 Å². The Bertz CT molecular complexity index is 535. The number of hydrogen-bond donors (Lipinski definition) is 1. The molecule has 0 aromatic heterocycles. The summed E-state index contributed by atoms with van der Waals surface area (Å²) in [4.78, 5) is 0. The molecular weight excluding hydrogens is 354 g/mol. The molecule has 1 atom stereocenters. The summed E-state index contributed by atoms with van der Waals surface area (Å²) in [5, 5.41) is 3.51. The quantitative estimate of drug-likeness (QED) is 0.733. The molecule has 94 valence electrons. The van der Waals surface area contributed by atoms with E-state index in [1.54, 1.807) is 0 Å². The van der Waals surface area contributed by atoms with Gasteiger partial charge in [0.25, 0.3) is 0 Å². The van der Waals surface area contributed by atoms with Crippen molar-refractivity contribution in [2.75, 3.05) is 5.32 Å². The summed E-state index contributed by atoms with van der Waals surface area (Å²) >= 11 is 7.05. The molecule has 0 aliphatic rings. The zero-order valence-corrected chi connectivity index (χ0v) is 13.5. The molecule has 0 aliphatic carbocycles. The fraction of sp³-hybridized carbons (Fsp3) is 0.200. The number of halogens is 2. The number of rotatable bonds is 3. The molecule has 2 aromatic rings. The maximum absolute atomic E-state index is 3.56. The lowest BCUT2D eigenvalue weighted by Crippen LogP contribution is -2.07. The summed E-state index contributed by atoms with van der Waals surface area (Å²) in [6.45, 7) is 4.27. The van der Waals surface area contributed by atoms with Crippen LogP contribution in [0.4, 0.5) is 5.69 Å². The van der Waals surface area contributed by atoms with E-state index in [-0.39, 0.29) is 6.04 Å². The maximum atomic E-state index is 3.56. The minimum absolute atomic E-state index is 0.274. The van der Waals surface area contributed by atoms with Gasteiger partial charge < -0.3 is 5.32 Å². The van der Waals surface area contributed by atoms with Gasteiger partial charge in [0.1, 0.15) is 0 Å². The summed E-state index contributed by atoms with van der Waals surface area (Å²) in [6.07, 6.45) is 0. The summed E-state index contributed by atoms with van der Waals surface area (Å²) < 4.78 is 2.15. The third kappa shape index (κ3) is 3.36. The highest BCUT2D eigenvalue weighted by Crippen LogP contribution is 2.29. The third-order valence-electron chi connectivity index (χ3n) is 2.88. The Hall–Kier alpha value is -0.800. The van der Waals surface area contributed by atoms with Crippen LogP contribution in [0.3, 0.4) is 0 Å². The first-order valence-electron chi connectivity index (χ1n) is 5.84. The Kier molecular flexibility index (Phi) is 4.46. The average Bonchev–Trinajstić information content (AvgIpc) is 2.34. The first kappa shape index (κ1) is 13.6. The molecule has 0 bridgehead atoms. The minimum atomic E-state index is 0.274. The van der Waals surface area contributed by atoms with Gasteiger partial charge in [-0.15, -0.1) is 0 Å².